The van der Waals surface area contributed by atoms with Gasteiger partial charge in [0.25, 0.3) is 0 Å². The molecular weight excluding hydrogens is 270 g/mol. The Labute approximate surface area is 124 Å². The Morgan fingerprint density at radius 3 is 2.76 bits per heavy atom. The fourth-order valence-corrected chi connectivity index (χ4v) is 2.17. The molecule has 21 heavy (non-hydrogen) atoms. The van der Waals surface area contributed by atoms with Gasteiger partial charge in [0.15, 0.2) is 11.5 Å². The van der Waals surface area contributed by atoms with E-state index in [1.165, 1.54) is 6.92 Å². The van der Waals surface area contributed by atoms with Crippen molar-refractivity contribution in [3.05, 3.63) is 23.8 Å². The molecule has 1 aromatic rings. The summed E-state index contributed by atoms with van der Waals surface area (Å²) < 4.78 is 11.0. The van der Waals surface area contributed by atoms with Crippen LogP contribution >= 0.6 is 0 Å². The van der Waals surface area contributed by atoms with Gasteiger partial charge in [0, 0.05) is 19.5 Å². The third-order valence-electron chi connectivity index (χ3n) is 3.11. The molecule has 2 rings (SSSR count). The molecule has 2 unspecified atom stereocenters. The van der Waals surface area contributed by atoms with Crippen LogP contribution in [0.3, 0.4) is 0 Å². The quantitative estimate of drug-likeness (QED) is 0.849. The number of fused-ring (bicyclic) bond motifs is 1. The largest absolute Gasteiger partial charge is 0.486 e. The zero-order valence-electron chi connectivity index (χ0n) is 12.2. The highest BCUT2D eigenvalue weighted by molar-refractivity contribution is 5.73. The van der Waals surface area contributed by atoms with Crippen molar-refractivity contribution in [3.8, 4) is 17.6 Å². The standard InChI is InChI=1S/C15H19N3O3/c1-10(18-11(2)19)9-17-13(8-16)12-3-4-14-15(7-12)21-6-5-20-14/h3-4,7,10,13,17H,5-6,9H2,1-2H3,(H,18,19). The average molecular weight is 289 g/mol. The summed E-state index contributed by atoms with van der Waals surface area (Å²) in [5, 5.41) is 15.2. The lowest BCUT2D eigenvalue weighted by molar-refractivity contribution is -0.119. The van der Waals surface area contributed by atoms with Crippen LogP contribution in [0.1, 0.15) is 25.5 Å². The van der Waals surface area contributed by atoms with Crippen LogP contribution in [0.15, 0.2) is 18.2 Å². The molecule has 0 aromatic heterocycles. The van der Waals surface area contributed by atoms with Gasteiger partial charge in [-0.3, -0.25) is 10.1 Å². The molecule has 1 aliphatic heterocycles. The number of hydrogen-bond donors (Lipinski definition) is 2. The number of benzene rings is 1. The van der Waals surface area contributed by atoms with Crippen LogP contribution in [0.25, 0.3) is 0 Å². The Kier molecular flexibility index (Phi) is 5.01. The topological polar surface area (TPSA) is 83.4 Å². The highest BCUT2D eigenvalue weighted by atomic mass is 16.6. The van der Waals surface area contributed by atoms with Gasteiger partial charge in [-0.15, -0.1) is 0 Å². The predicted molar refractivity (Wildman–Crippen MR) is 77.1 cm³/mol. The third-order valence-corrected chi connectivity index (χ3v) is 3.11. The molecule has 1 amide bonds. The summed E-state index contributed by atoms with van der Waals surface area (Å²) in [4.78, 5) is 11.0. The summed E-state index contributed by atoms with van der Waals surface area (Å²) in [5.41, 5.74) is 0.816. The second-order valence-electron chi connectivity index (χ2n) is 4.98. The van der Waals surface area contributed by atoms with E-state index in [4.69, 9.17) is 9.47 Å². The molecule has 0 bridgehead atoms. The van der Waals surface area contributed by atoms with E-state index in [1.807, 2.05) is 25.1 Å². The number of rotatable bonds is 5. The van der Waals surface area contributed by atoms with Gasteiger partial charge in [0.05, 0.1) is 6.07 Å². The van der Waals surface area contributed by atoms with Gasteiger partial charge in [-0.2, -0.15) is 5.26 Å². The number of nitrogens with one attached hydrogen (secondary N) is 2. The lowest BCUT2D eigenvalue weighted by Gasteiger charge is -2.21. The van der Waals surface area contributed by atoms with Crippen molar-refractivity contribution >= 4 is 5.91 Å². The molecule has 2 atom stereocenters. The molecule has 1 heterocycles. The molecule has 1 aromatic carbocycles. The number of carbonyl (C=O) groups is 1. The van der Waals surface area contributed by atoms with Crippen molar-refractivity contribution in [2.24, 2.45) is 0 Å². The van der Waals surface area contributed by atoms with Gasteiger partial charge in [-0.05, 0) is 24.6 Å². The molecule has 0 spiro atoms. The Bertz CT molecular complexity index is 554. The molecule has 6 heteroatoms. The van der Waals surface area contributed by atoms with Gasteiger partial charge >= 0.3 is 0 Å². The van der Waals surface area contributed by atoms with E-state index >= 15 is 0 Å². The minimum absolute atomic E-state index is 0.0458. The first-order valence-corrected chi connectivity index (χ1v) is 6.90. The molecule has 0 aliphatic carbocycles. The van der Waals surface area contributed by atoms with Crippen LogP contribution in [0.5, 0.6) is 11.5 Å². The normalized spacial score (nSPS) is 15.7. The van der Waals surface area contributed by atoms with Crippen LogP contribution < -0.4 is 20.1 Å². The maximum Gasteiger partial charge on any atom is 0.217 e. The molecule has 6 nitrogen and oxygen atoms in total. The maximum atomic E-state index is 11.0. The second kappa shape index (κ2) is 6.95. The second-order valence-corrected chi connectivity index (χ2v) is 4.98. The third kappa shape index (κ3) is 4.10. The van der Waals surface area contributed by atoms with Gasteiger partial charge < -0.3 is 14.8 Å². The van der Waals surface area contributed by atoms with E-state index in [0.29, 0.717) is 31.3 Å². The first-order chi connectivity index (χ1) is 10.1. The molecule has 0 saturated heterocycles. The van der Waals surface area contributed by atoms with E-state index in [2.05, 4.69) is 16.7 Å². The minimum Gasteiger partial charge on any atom is -0.486 e. The van der Waals surface area contributed by atoms with Crippen LogP contribution in [0, 0.1) is 11.3 Å². The monoisotopic (exact) mass is 289 g/mol. The van der Waals surface area contributed by atoms with E-state index in [1.54, 1.807) is 0 Å². The fourth-order valence-electron chi connectivity index (χ4n) is 2.17. The SMILES string of the molecule is CC(=O)NC(C)CNC(C#N)c1ccc2c(c1)OCCO2. The molecule has 112 valence electrons. The molecule has 2 N–H and O–H groups in total. The number of hydrogen-bond acceptors (Lipinski definition) is 5. The molecule has 1 aliphatic rings. The van der Waals surface area contributed by atoms with E-state index < -0.39 is 6.04 Å². The van der Waals surface area contributed by atoms with Crippen LogP contribution in [0.2, 0.25) is 0 Å². The van der Waals surface area contributed by atoms with Gasteiger partial charge in [-0.1, -0.05) is 6.07 Å². The van der Waals surface area contributed by atoms with Gasteiger partial charge in [0.2, 0.25) is 5.91 Å². The summed E-state index contributed by atoms with van der Waals surface area (Å²) in [6.07, 6.45) is 0. The number of carbonyl (C=O) groups excluding carboxylic acids is 1. The summed E-state index contributed by atoms with van der Waals surface area (Å²) >= 11 is 0. The molecular formula is C15H19N3O3. The fraction of sp³-hybridized carbons (Fsp3) is 0.467. The Hall–Kier alpha value is -2.26. The van der Waals surface area contributed by atoms with Crippen molar-refractivity contribution in [2.45, 2.75) is 25.9 Å². The summed E-state index contributed by atoms with van der Waals surface area (Å²) in [5.74, 6) is 1.28. The average Bonchev–Trinajstić information content (AvgIpc) is 2.47. The zero-order valence-corrected chi connectivity index (χ0v) is 12.2. The first kappa shape index (κ1) is 15.1. The van der Waals surface area contributed by atoms with Crippen molar-refractivity contribution in [2.75, 3.05) is 19.8 Å². The van der Waals surface area contributed by atoms with Crippen molar-refractivity contribution in [1.82, 2.24) is 10.6 Å². The smallest absolute Gasteiger partial charge is 0.217 e. The molecule has 0 fully saturated rings. The van der Waals surface area contributed by atoms with Crippen molar-refractivity contribution in [1.29, 1.82) is 5.26 Å². The van der Waals surface area contributed by atoms with E-state index in [0.717, 1.165) is 5.56 Å². The lowest BCUT2D eigenvalue weighted by atomic mass is 10.1. The van der Waals surface area contributed by atoms with E-state index in [9.17, 15) is 10.1 Å². The summed E-state index contributed by atoms with van der Waals surface area (Å²) in [7, 11) is 0. The number of nitriles is 1. The minimum atomic E-state index is -0.461. The van der Waals surface area contributed by atoms with Gasteiger partial charge in [-0.25, -0.2) is 0 Å². The van der Waals surface area contributed by atoms with Crippen LogP contribution in [-0.2, 0) is 4.79 Å². The lowest BCUT2D eigenvalue weighted by Crippen LogP contribution is -2.39. The molecule has 0 radical (unpaired) electrons. The Morgan fingerprint density at radius 2 is 2.10 bits per heavy atom. The van der Waals surface area contributed by atoms with E-state index in [-0.39, 0.29) is 11.9 Å². The highest BCUT2D eigenvalue weighted by Crippen LogP contribution is 2.32. The Morgan fingerprint density at radius 1 is 1.38 bits per heavy atom. The van der Waals surface area contributed by atoms with Crippen LogP contribution in [0.4, 0.5) is 0 Å². The number of nitrogens with zero attached hydrogens (tertiary/aromatic N) is 1. The number of ether oxygens (including phenoxy) is 2. The number of amides is 1. The first-order valence-electron chi connectivity index (χ1n) is 6.90. The summed E-state index contributed by atoms with van der Waals surface area (Å²) in [6.45, 7) is 4.92. The Balaban J connectivity index is 2.01. The summed E-state index contributed by atoms with van der Waals surface area (Å²) in [6, 6.07) is 7.18. The highest BCUT2D eigenvalue weighted by Gasteiger charge is 2.17. The van der Waals surface area contributed by atoms with Crippen molar-refractivity contribution < 1.29 is 14.3 Å². The van der Waals surface area contributed by atoms with Crippen LogP contribution in [-0.4, -0.2) is 31.7 Å². The van der Waals surface area contributed by atoms with Crippen molar-refractivity contribution in [3.63, 3.8) is 0 Å². The van der Waals surface area contributed by atoms with Gasteiger partial charge in [0.1, 0.15) is 19.3 Å². The maximum absolute atomic E-state index is 11.0. The predicted octanol–water partition coefficient (Wildman–Crippen LogP) is 1.14. The zero-order chi connectivity index (χ0) is 15.2. The molecule has 0 saturated carbocycles.